The Morgan fingerprint density at radius 1 is 1.58 bits per heavy atom. The van der Waals surface area contributed by atoms with Gasteiger partial charge in [0.05, 0.1) is 4.92 Å². The van der Waals surface area contributed by atoms with Gasteiger partial charge in [0.2, 0.25) is 5.91 Å². The van der Waals surface area contributed by atoms with Gasteiger partial charge in [0.1, 0.15) is 18.9 Å². The predicted molar refractivity (Wildman–Crippen MR) is 89.8 cm³/mol. The van der Waals surface area contributed by atoms with Crippen LogP contribution in [0.3, 0.4) is 0 Å². The fourth-order valence-corrected chi connectivity index (χ4v) is 3.66. The van der Waals surface area contributed by atoms with Crippen molar-refractivity contribution in [3.63, 3.8) is 0 Å². The molecular formula is C15H19N5O3S. The summed E-state index contributed by atoms with van der Waals surface area (Å²) in [5.74, 6) is -0.201. The van der Waals surface area contributed by atoms with E-state index in [1.54, 1.807) is 0 Å². The Hall–Kier alpha value is -2.26. The van der Waals surface area contributed by atoms with Crippen molar-refractivity contribution in [2.45, 2.75) is 32.5 Å². The lowest BCUT2D eigenvalue weighted by Crippen LogP contribution is -2.44. The summed E-state index contributed by atoms with van der Waals surface area (Å²) in [7, 11) is 0. The third-order valence-corrected chi connectivity index (χ3v) is 5.21. The number of nitrogens with one attached hydrogen (secondary N) is 1. The number of thiophene rings is 1. The summed E-state index contributed by atoms with van der Waals surface area (Å²) < 4.78 is 1.27. The van der Waals surface area contributed by atoms with Crippen molar-refractivity contribution in [3.8, 4) is 0 Å². The van der Waals surface area contributed by atoms with Crippen molar-refractivity contribution in [1.29, 1.82) is 0 Å². The van der Waals surface area contributed by atoms with E-state index in [9.17, 15) is 14.9 Å². The Morgan fingerprint density at radius 2 is 2.42 bits per heavy atom. The summed E-state index contributed by atoms with van der Waals surface area (Å²) in [5.41, 5.74) is 1.27. The first-order chi connectivity index (χ1) is 11.5. The number of fused-ring (bicyclic) bond motifs is 1. The molecule has 0 unspecified atom stereocenters. The highest BCUT2D eigenvalue weighted by Crippen LogP contribution is 2.24. The molecule has 128 valence electrons. The summed E-state index contributed by atoms with van der Waals surface area (Å²) in [6.45, 7) is 4.53. The molecule has 0 aliphatic carbocycles. The van der Waals surface area contributed by atoms with Crippen LogP contribution in [0.4, 0.5) is 5.69 Å². The average molecular weight is 349 g/mol. The van der Waals surface area contributed by atoms with Gasteiger partial charge in [-0.3, -0.25) is 24.5 Å². The molecule has 1 amide bonds. The van der Waals surface area contributed by atoms with Crippen LogP contribution in [-0.2, 0) is 24.3 Å². The zero-order valence-corrected chi connectivity index (χ0v) is 14.2. The summed E-state index contributed by atoms with van der Waals surface area (Å²) >= 11 is 1.81. The number of carbonyl (C=O) groups excluding carboxylic acids is 1. The topological polar surface area (TPSA) is 93.3 Å². The summed E-state index contributed by atoms with van der Waals surface area (Å²) in [6.07, 6.45) is 3.45. The largest absolute Gasteiger partial charge is 0.353 e. The maximum atomic E-state index is 12.0. The molecule has 2 aromatic rings. The lowest BCUT2D eigenvalue weighted by atomic mass is 10.1. The number of hydrogen-bond donors (Lipinski definition) is 1. The minimum atomic E-state index is -0.529. The van der Waals surface area contributed by atoms with Gasteiger partial charge in [0.15, 0.2) is 0 Å². The molecule has 1 N–H and O–H groups in total. The number of amides is 1. The second-order valence-corrected chi connectivity index (χ2v) is 6.90. The first-order valence-electron chi connectivity index (χ1n) is 7.76. The van der Waals surface area contributed by atoms with Gasteiger partial charge in [-0.05, 0) is 30.4 Å². The van der Waals surface area contributed by atoms with Crippen molar-refractivity contribution in [2.75, 3.05) is 13.1 Å². The lowest BCUT2D eigenvalue weighted by Gasteiger charge is -2.32. The molecule has 24 heavy (non-hydrogen) atoms. The van der Waals surface area contributed by atoms with Crippen molar-refractivity contribution < 1.29 is 9.72 Å². The zero-order chi connectivity index (χ0) is 17.1. The Kier molecular flexibility index (Phi) is 4.91. The first-order valence-corrected chi connectivity index (χ1v) is 8.63. The second kappa shape index (κ2) is 7.10. The molecule has 0 radical (unpaired) electrons. The van der Waals surface area contributed by atoms with Crippen LogP contribution in [0, 0.1) is 10.1 Å². The van der Waals surface area contributed by atoms with E-state index in [4.69, 9.17) is 0 Å². The van der Waals surface area contributed by atoms with E-state index in [1.165, 1.54) is 21.3 Å². The van der Waals surface area contributed by atoms with Crippen LogP contribution in [-0.4, -0.2) is 44.6 Å². The summed E-state index contributed by atoms with van der Waals surface area (Å²) in [6, 6.07) is 2.40. The van der Waals surface area contributed by atoms with Crippen molar-refractivity contribution >= 4 is 22.9 Å². The van der Waals surface area contributed by atoms with E-state index in [2.05, 4.69) is 33.7 Å². The van der Waals surface area contributed by atoms with Gasteiger partial charge in [-0.15, -0.1) is 11.3 Å². The number of nitro groups is 1. The monoisotopic (exact) mass is 349 g/mol. The van der Waals surface area contributed by atoms with E-state index in [0.29, 0.717) is 6.54 Å². The molecule has 2 aromatic heterocycles. The molecule has 3 rings (SSSR count). The molecule has 0 fully saturated rings. The Bertz CT molecular complexity index is 741. The van der Waals surface area contributed by atoms with Crippen molar-refractivity contribution in [3.05, 3.63) is 44.4 Å². The quantitative estimate of drug-likeness (QED) is 0.629. The van der Waals surface area contributed by atoms with Gasteiger partial charge in [0, 0.05) is 30.6 Å². The van der Waals surface area contributed by atoms with E-state index < -0.39 is 4.92 Å². The number of nitrogens with zero attached hydrogens (tertiary/aromatic N) is 4. The molecule has 1 atom stereocenters. The van der Waals surface area contributed by atoms with Gasteiger partial charge < -0.3 is 5.32 Å². The van der Waals surface area contributed by atoms with E-state index in [1.807, 2.05) is 11.3 Å². The second-order valence-electron chi connectivity index (χ2n) is 5.90. The predicted octanol–water partition coefficient (Wildman–Crippen LogP) is 1.42. The summed E-state index contributed by atoms with van der Waals surface area (Å²) in [5, 5.41) is 19.4. The minimum Gasteiger partial charge on any atom is -0.353 e. The van der Waals surface area contributed by atoms with Crippen LogP contribution < -0.4 is 5.32 Å². The fraction of sp³-hybridized carbons (Fsp3) is 0.467. The first kappa shape index (κ1) is 16.6. The maximum Gasteiger partial charge on any atom is 0.307 e. The average Bonchev–Trinajstić information content (AvgIpc) is 3.20. The fourth-order valence-electron chi connectivity index (χ4n) is 2.77. The molecule has 8 nitrogen and oxygen atoms in total. The molecule has 0 aromatic carbocycles. The standard InChI is InChI=1S/C15H19N5O3S/c1-11(18-4-2-14-12(8-18)3-5-24-14)6-16-15(21)10-19-9-13(7-17-19)20(22)23/h3,5,7,9,11H,2,4,6,8,10H2,1H3,(H,16,21)/t11-/m1/s1. The van der Waals surface area contributed by atoms with Gasteiger partial charge in [-0.1, -0.05) is 0 Å². The van der Waals surface area contributed by atoms with Crippen LogP contribution in [0.2, 0.25) is 0 Å². The van der Waals surface area contributed by atoms with E-state index >= 15 is 0 Å². The highest BCUT2D eigenvalue weighted by Gasteiger charge is 2.21. The molecule has 0 bridgehead atoms. The van der Waals surface area contributed by atoms with Crippen molar-refractivity contribution in [1.82, 2.24) is 20.0 Å². The Labute approximate surface area is 143 Å². The molecule has 0 saturated carbocycles. The normalized spacial score (nSPS) is 15.7. The molecular weight excluding hydrogens is 330 g/mol. The van der Waals surface area contributed by atoms with E-state index in [0.717, 1.165) is 25.7 Å². The molecule has 3 heterocycles. The van der Waals surface area contributed by atoms with Crippen LogP contribution in [0.5, 0.6) is 0 Å². The van der Waals surface area contributed by atoms with Crippen LogP contribution in [0.15, 0.2) is 23.8 Å². The number of aromatic nitrogens is 2. The molecule has 1 aliphatic rings. The van der Waals surface area contributed by atoms with Gasteiger partial charge in [-0.2, -0.15) is 5.10 Å². The third-order valence-electron chi connectivity index (χ3n) is 4.19. The van der Waals surface area contributed by atoms with Gasteiger partial charge in [0.25, 0.3) is 0 Å². The van der Waals surface area contributed by atoms with E-state index in [-0.39, 0.29) is 24.2 Å². The molecule has 0 spiro atoms. The van der Waals surface area contributed by atoms with Crippen LogP contribution in [0.1, 0.15) is 17.4 Å². The SMILES string of the molecule is C[C@H](CNC(=O)Cn1cc([N+](=O)[O-])cn1)N1CCc2sccc2C1. The van der Waals surface area contributed by atoms with Gasteiger partial charge >= 0.3 is 5.69 Å². The highest BCUT2D eigenvalue weighted by atomic mass is 32.1. The van der Waals surface area contributed by atoms with Crippen LogP contribution in [0.25, 0.3) is 0 Å². The molecule has 1 aliphatic heterocycles. The minimum absolute atomic E-state index is 0.0186. The number of hydrogen-bond acceptors (Lipinski definition) is 6. The molecule has 9 heteroatoms. The highest BCUT2D eigenvalue weighted by molar-refractivity contribution is 7.10. The Morgan fingerprint density at radius 3 is 3.17 bits per heavy atom. The Balaban J connectivity index is 1.46. The number of carbonyl (C=O) groups is 1. The number of rotatable bonds is 6. The summed E-state index contributed by atoms with van der Waals surface area (Å²) in [4.78, 5) is 25.9. The van der Waals surface area contributed by atoms with Gasteiger partial charge in [-0.25, -0.2) is 0 Å². The molecule has 0 saturated heterocycles. The smallest absolute Gasteiger partial charge is 0.307 e. The van der Waals surface area contributed by atoms with Crippen molar-refractivity contribution in [2.24, 2.45) is 0 Å². The zero-order valence-electron chi connectivity index (χ0n) is 13.3. The lowest BCUT2D eigenvalue weighted by molar-refractivity contribution is -0.385. The maximum absolute atomic E-state index is 12.0. The van der Waals surface area contributed by atoms with Crippen LogP contribution >= 0.6 is 11.3 Å². The third kappa shape index (κ3) is 3.80.